The smallest absolute Gasteiger partial charge is 0.212 e. The molecule has 4 heterocycles. The zero-order valence-corrected chi connectivity index (χ0v) is 19.3. The summed E-state index contributed by atoms with van der Waals surface area (Å²) in [5, 5.41) is 19.7. The van der Waals surface area contributed by atoms with E-state index < -0.39 is 5.82 Å². The first-order valence-corrected chi connectivity index (χ1v) is 11.9. The van der Waals surface area contributed by atoms with Crippen molar-refractivity contribution in [3.8, 4) is 34.2 Å². The number of imidazole rings is 1. The molecular weight excluding hydrogens is 443 g/mol. The van der Waals surface area contributed by atoms with Gasteiger partial charge in [0.05, 0.1) is 16.8 Å². The first kappa shape index (κ1) is 21.6. The number of nitrogens with two attached hydrogens (primary N) is 1. The van der Waals surface area contributed by atoms with Crippen LogP contribution in [0.1, 0.15) is 36.8 Å². The number of nitrogens with zero attached hydrogens (tertiary/aromatic N) is 5. The minimum absolute atomic E-state index is 0.0199. The van der Waals surface area contributed by atoms with Crippen LogP contribution in [0.2, 0.25) is 0 Å². The highest BCUT2D eigenvalue weighted by molar-refractivity contribution is 5.91. The van der Waals surface area contributed by atoms with Gasteiger partial charge >= 0.3 is 0 Å². The summed E-state index contributed by atoms with van der Waals surface area (Å²) >= 11 is 0. The van der Waals surface area contributed by atoms with Crippen LogP contribution < -0.4 is 10.6 Å². The minimum atomic E-state index is -0.599. The van der Waals surface area contributed by atoms with Gasteiger partial charge in [-0.2, -0.15) is 5.26 Å². The maximum Gasteiger partial charge on any atom is 0.212 e. The largest absolute Gasteiger partial charge is 0.508 e. The first-order chi connectivity index (χ1) is 16.9. The number of nitriles is 1. The standard InChI is InChI=1S/C27H25FN6O/c1-15-2-3-16(11-23(15)35)24-25(17-4-5-18(14-29)22(28)10-17)32-27(33-9-8-31-26(24)33)34-20-6-7-21(34)13-19(30)12-20/h2-5,8-11,19-21,35H,6-7,12-13,30H2,1H3. The number of anilines is 1. The zero-order valence-electron chi connectivity index (χ0n) is 19.3. The Hall–Kier alpha value is -3.96. The lowest BCUT2D eigenvalue weighted by Crippen LogP contribution is -2.48. The number of rotatable bonds is 3. The Labute approximate surface area is 202 Å². The normalized spacial score (nSPS) is 21.4. The van der Waals surface area contributed by atoms with Gasteiger partial charge in [-0.15, -0.1) is 0 Å². The van der Waals surface area contributed by atoms with Crippen molar-refractivity contribution < 1.29 is 9.50 Å². The Kier molecular flexibility index (Phi) is 4.97. The zero-order chi connectivity index (χ0) is 24.3. The fraction of sp³-hybridized carbons (Fsp3) is 0.296. The number of benzene rings is 2. The molecule has 7 nitrogen and oxygen atoms in total. The Morgan fingerprint density at radius 2 is 1.86 bits per heavy atom. The molecule has 6 rings (SSSR count). The third-order valence-corrected chi connectivity index (χ3v) is 7.39. The Morgan fingerprint density at radius 3 is 2.54 bits per heavy atom. The molecule has 2 bridgehead atoms. The summed E-state index contributed by atoms with van der Waals surface area (Å²) in [6.45, 7) is 1.83. The summed E-state index contributed by atoms with van der Waals surface area (Å²) in [5.74, 6) is 0.325. The van der Waals surface area contributed by atoms with Crippen molar-refractivity contribution in [1.29, 1.82) is 5.26 Å². The molecule has 0 aliphatic carbocycles. The van der Waals surface area contributed by atoms with Crippen LogP contribution in [0.4, 0.5) is 10.3 Å². The van der Waals surface area contributed by atoms with Crippen LogP contribution in [0, 0.1) is 24.1 Å². The monoisotopic (exact) mass is 468 g/mol. The summed E-state index contributed by atoms with van der Waals surface area (Å²) in [4.78, 5) is 12.2. The number of aryl methyl sites for hydroxylation is 1. The van der Waals surface area contributed by atoms with Crippen molar-refractivity contribution in [3.63, 3.8) is 0 Å². The fourth-order valence-electron chi connectivity index (χ4n) is 5.69. The summed E-state index contributed by atoms with van der Waals surface area (Å²) in [7, 11) is 0. The maximum absolute atomic E-state index is 14.7. The van der Waals surface area contributed by atoms with Crippen LogP contribution >= 0.6 is 0 Å². The van der Waals surface area contributed by atoms with E-state index in [9.17, 15) is 14.8 Å². The van der Waals surface area contributed by atoms with E-state index in [4.69, 9.17) is 10.7 Å². The Balaban J connectivity index is 1.64. The van der Waals surface area contributed by atoms with Gasteiger partial charge in [-0.25, -0.2) is 14.4 Å². The van der Waals surface area contributed by atoms with Gasteiger partial charge in [0.15, 0.2) is 0 Å². The van der Waals surface area contributed by atoms with Crippen molar-refractivity contribution in [2.75, 3.05) is 4.90 Å². The quantitative estimate of drug-likeness (QED) is 0.457. The second kappa shape index (κ2) is 8.07. The number of aromatic hydroxyl groups is 1. The second-order valence-corrected chi connectivity index (χ2v) is 9.59. The van der Waals surface area contributed by atoms with Crippen LogP contribution in [0.3, 0.4) is 0 Å². The second-order valence-electron chi connectivity index (χ2n) is 9.59. The molecule has 2 aromatic heterocycles. The van der Waals surface area contributed by atoms with E-state index >= 15 is 0 Å². The van der Waals surface area contributed by atoms with E-state index in [0.717, 1.165) is 42.8 Å². The minimum Gasteiger partial charge on any atom is -0.508 e. The molecule has 0 radical (unpaired) electrons. The summed E-state index contributed by atoms with van der Waals surface area (Å²) < 4.78 is 16.7. The van der Waals surface area contributed by atoms with E-state index in [1.54, 1.807) is 18.3 Å². The van der Waals surface area contributed by atoms with Crippen molar-refractivity contribution in [1.82, 2.24) is 14.4 Å². The lowest BCUT2D eigenvalue weighted by molar-refractivity contribution is 0.408. The van der Waals surface area contributed by atoms with E-state index in [1.165, 1.54) is 12.1 Å². The lowest BCUT2D eigenvalue weighted by Gasteiger charge is -2.39. The van der Waals surface area contributed by atoms with Gasteiger partial charge in [-0.05, 0) is 61.9 Å². The molecule has 35 heavy (non-hydrogen) atoms. The number of hydrogen-bond donors (Lipinski definition) is 2. The predicted octanol–water partition coefficient (Wildman–Crippen LogP) is 4.55. The average molecular weight is 469 g/mol. The fourth-order valence-corrected chi connectivity index (χ4v) is 5.69. The van der Waals surface area contributed by atoms with Crippen molar-refractivity contribution in [2.45, 2.75) is 50.7 Å². The van der Waals surface area contributed by atoms with Gasteiger partial charge in [-0.1, -0.05) is 18.2 Å². The number of piperidine rings is 1. The van der Waals surface area contributed by atoms with Gasteiger partial charge < -0.3 is 15.7 Å². The Bertz CT molecular complexity index is 1490. The van der Waals surface area contributed by atoms with Crippen LogP contribution in [0.15, 0.2) is 48.8 Å². The molecule has 2 atom stereocenters. The molecule has 2 aliphatic heterocycles. The molecule has 8 heteroatoms. The molecule has 2 saturated heterocycles. The first-order valence-electron chi connectivity index (χ1n) is 11.9. The topological polar surface area (TPSA) is 103 Å². The predicted molar refractivity (Wildman–Crippen MR) is 131 cm³/mol. The van der Waals surface area contributed by atoms with E-state index in [1.807, 2.05) is 35.7 Å². The molecule has 0 saturated carbocycles. The van der Waals surface area contributed by atoms with Crippen LogP contribution in [0.25, 0.3) is 28.0 Å². The van der Waals surface area contributed by atoms with Crippen molar-refractivity contribution in [2.24, 2.45) is 5.73 Å². The van der Waals surface area contributed by atoms with Crippen molar-refractivity contribution >= 4 is 11.6 Å². The van der Waals surface area contributed by atoms with Gasteiger partial charge in [-0.3, -0.25) is 4.40 Å². The summed E-state index contributed by atoms with van der Waals surface area (Å²) in [6.07, 6.45) is 7.56. The maximum atomic E-state index is 14.7. The van der Waals surface area contributed by atoms with E-state index in [0.29, 0.717) is 34.6 Å². The number of phenolic OH excluding ortho intramolecular Hbond substituents is 1. The Morgan fingerprint density at radius 1 is 1.11 bits per heavy atom. The van der Waals surface area contributed by atoms with Gasteiger partial charge in [0.25, 0.3) is 0 Å². The number of hydrogen-bond acceptors (Lipinski definition) is 6. The molecular formula is C27H25FN6O. The molecule has 4 aromatic rings. The van der Waals surface area contributed by atoms with Gasteiger partial charge in [0.1, 0.15) is 23.3 Å². The number of phenols is 1. The third kappa shape index (κ3) is 3.43. The SMILES string of the molecule is Cc1ccc(-c2c(-c3ccc(C#N)c(F)c3)nc(N3C4CCC3CC(N)C4)n3ccnc23)cc1O. The van der Waals surface area contributed by atoms with Crippen LogP contribution in [-0.4, -0.2) is 37.6 Å². The third-order valence-electron chi connectivity index (χ3n) is 7.39. The number of fused-ring (bicyclic) bond motifs is 3. The molecule has 0 amide bonds. The van der Waals surface area contributed by atoms with Gasteiger partial charge in [0.2, 0.25) is 5.95 Å². The summed E-state index contributed by atoms with van der Waals surface area (Å²) in [6, 6.07) is 12.6. The highest BCUT2D eigenvalue weighted by Crippen LogP contribution is 2.42. The van der Waals surface area contributed by atoms with E-state index in [-0.39, 0.29) is 17.4 Å². The van der Waals surface area contributed by atoms with Crippen LogP contribution in [0.5, 0.6) is 5.75 Å². The summed E-state index contributed by atoms with van der Waals surface area (Å²) in [5.41, 5.74) is 10.3. The lowest BCUT2D eigenvalue weighted by atomic mass is 9.97. The van der Waals surface area contributed by atoms with Gasteiger partial charge in [0, 0.05) is 36.1 Å². The average Bonchev–Trinajstić information content (AvgIpc) is 3.43. The molecule has 176 valence electrons. The van der Waals surface area contributed by atoms with Crippen molar-refractivity contribution in [3.05, 3.63) is 65.7 Å². The highest BCUT2D eigenvalue weighted by Gasteiger charge is 2.41. The highest BCUT2D eigenvalue weighted by atomic mass is 19.1. The molecule has 2 unspecified atom stereocenters. The molecule has 2 aliphatic rings. The number of aromatic nitrogens is 3. The van der Waals surface area contributed by atoms with Crippen LogP contribution in [-0.2, 0) is 0 Å². The molecule has 2 fully saturated rings. The number of halogens is 1. The molecule has 2 aromatic carbocycles. The van der Waals surface area contributed by atoms with E-state index in [2.05, 4.69) is 9.88 Å². The molecule has 0 spiro atoms. The molecule has 3 N–H and O–H groups in total.